The average molecular weight is 257 g/mol. The lowest BCUT2D eigenvalue weighted by molar-refractivity contribution is 0.982. The molecular formula is C15H13ClN2. The van der Waals surface area contributed by atoms with Crippen molar-refractivity contribution in [3.05, 3.63) is 59.9 Å². The summed E-state index contributed by atoms with van der Waals surface area (Å²) in [4.78, 5) is 4.58. The molecule has 0 N–H and O–H groups in total. The van der Waals surface area contributed by atoms with Crippen LogP contribution >= 0.6 is 11.6 Å². The van der Waals surface area contributed by atoms with Crippen molar-refractivity contribution in [2.24, 2.45) is 0 Å². The lowest BCUT2D eigenvalue weighted by Gasteiger charge is -2.07. The monoisotopic (exact) mass is 256 g/mol. The molecule has 3 rings (SSSR count). The number of imidazole rings is 1. The molecule has 18 heavy (non-hydrogen) atoms. The molecule has 3 heteroatoms. The number of alkyl halides is 1. The van der Waals surface area contributed by atoms with Crippen molar-refractivity contribution in [2.45, 2.75) is 12.8 Å². The summed E-state index contributed by atoms with van der Waals surface area (Å²) >= 11 is 6.01. The molecule has 0 fully saturated rings. The highest BCUT2D eigenvalue weighted by molar-refractivity contribution is 6.17. The average Bonchev–Trinajstić information content (AvgIpc) is 2.77. The van der Waals surface area contributed by atoms with E-state index < -0.39 is 0 Å². The van der Waals surface area contributed by atoms with Gasteiger partial charge in [0.15, 0.2) is 0 Å². The first-order valence-electron chi connectivity index (χ1n) is 5.89. The Bertz CT molecular complexity index is 686. The second-order valence-corrected chi connectivity index (χ2v) is 4.59. The minimum absolute atomic E-state index is 0.405. The highest BCUT2D eigenvalue weighted by Gasteiger charge is 2.11. The third-order valence-electron chi connectivity index (χ3n) is 3.01. The maximum atomic E-state index is 6.01. The van der Waals surface area contributed by atoms with Crippen molar-refractivity contribution >= 4 is 22.6 Å². The molecule has 3 aromatic rings. The molecule has 2 nitrogen and oxygen atoms in total. The van der Waals surface area contributed by atoms with Gasteiger partial charge in [0, 0.05) is 5.69 Å². The third-order valence-corrected chi connectivity index (χ3v) is 3.25. The quantitative estimate of drug-likeness (QED) is 0.632. The van der Waals surface area contributed by atoms with Gasteiger partial charge in [-0.05, 0) is 36.8 Å². The van der Waals surface area contributed by atoms with Crippen LogP contribution in [-0.4, -0.2) is 9.55 Å². The molecule has 0 bridgehead atoms. The Balaban J connectivity index is 2.35. The fraction of sp³-hybridized carbons (Fsp3) is 0.133. The Kier molecular flexibility index (Phi) is 2.80. The number of fused-ring (bicyclic) bond motifs is 1. The molecule has 0 amide bonds. The molecule has 1 aromatic heterocycles. The zero-order valence-electron chi connectivity index (χ0n) is 10.1. The minimum atomic E-state index is 0.405. The predicted molar refractivity (Wildman–Crippen MR) is 75.4 cm³/mol. The van der Waals surface area contributed by atoms with Crippen LogP contribution in [0.25, 0.3) is 16.7 Å². The van der Waals surface area contributed by atoms with Gasteiger partial charge in [0.05, 0.1) is 16.9 Å². The van der Waals surface area contributed by atoms with E-state index in [2.05, 4.69) is 40.7 Å². The van der Waals surface area contributed by atoms with E-state index >= 15 is 0 Å². The number of hydrogen-bond donors (Lipinski definition) is 0. The lowest BCUT2D eigenvalue weighted by Crippen LogP contribution is -1.98. The first-order chi connectivity index (χ1) is 8.79. The van der Waals surface area contributed by atoms with Crippen LogP contribution in [0.1, 0.15) is 11.4 Å². The molecule has 0 aliphatic heterocycles. The summed E-state index contributed by atoms with van der Waals surface area (Å²) in [5.74, 6) is 1.28. The SMILES string of the molecule is Cc1ccc2nc(CCl)n(-c3ccccc3)c2c1. The molecule has 0 saturated heterocycles. The Labute approximate surface area is 111 Å². The molecule has 0 radical (unpaired) electrons. The second kappa shape index (κ2) is 4.46. The molecule has 90 valence electrons. The van der Waals surface area contributed by atoms with Crippen molar-refractivity contribution in [3.63, 3.8) is 0 Å². The zero-order chi connectivity index (χ0) is 12.5. The first-order valence-corrected chi connectivity index (χ1v) is 6.42. The Morgan fingerprint density at radius 1 is 1.11 bits per heavy atom. The van der Waals surface area contributed by atoms with Crippen LogP contribution in [0.4, 0.5) is 0 Å². The Morgan fingerprint density at radius 3 is 2.61 bits per heavy atom. The molecule has 2 aromatic carbocycles. The highest BCUT2D eigenvalue weighted by atomic mass is 35.5. The number of hydrogen-bond acceptors (Lipinski definition) is 1. The fourth-order valence-corrected chi connectivity index (χ4v) is 2.37. The summed E-state index contributed by atoms with van der Waals surface area (Å²) in [6.45, 7) is 2.09. The van der Waals surface area contributed by atoms with Crippen LogP contribution in [0, 0.1) is 6.92 Å². The van der Waals surface area contributed by atoms with Crippen LogP contribution < -0.4 is 0 Å². The van der Waals surface area contributed by atoms with Crippen molar-refractivity contribution in [1.29, 1.82) is 0 Å². The third kappa shape index (κ3) is 1.79. The van der Waals surface area contributed by atoms with E-state index in [-0.39, 0.29) is 0 Å². The lowest BCUT2D eigenvalue weighted by atomic mass is 10.2. The van der Waals surface area contributed by atoms with Gasteiger partial charge in [0.25, 0.3) is 0 Å². The van der Waals surface area contributed by atoms with Gasteiger partial charge in [-0.1, -0.05) is 24.3 Å². The summed E-state index contributed by atoms with van der Waals surface area (Å²) in [6.07, 6.45) is 0. The number of rotatable bonds is 2. The molecule has 0 unspecified atom stereocenters. The summed E-state index contributed by atoms with van der Waals surface area (Å²) < 4.78 is 2.12. The van der Waals surface area contributed by atoms with E-state index in [4.69, 9.17) is 11.6 Å². The summed E-state index contributed by atoms with van der Waals surface area (Å²) in [5.41, 5.74) is 4.42. The molecule has 0 saturated carbocycles. The van der Waals surface area contributed by atoms with Gasteiger partial charge in [-0.15, -0.1) is 11.6 Å². The smallest absolute Gasteiger partial charge is 0.129 e. The van der Waals surface area contributed by atoms with Gasteiger partial charge in [0.1, 0.15) is 5.82 Å². The number of halogens is 1. The normalized spacial score (nSPS) is 11.0. The maximum Gasteiger partial charge on any atom is 0.129 e. The van der Waals surface area contributed by atoms with Crippen molar-refractivity contribution in [1.82, 2.24) is 9.55 Å². The van der Waals surface area contributed by atoms with Crippen molar-refractivity contribution in [3.8, 4) is 5.69 Å². The number of nitrogens with zero attached hydrogens (tertiary/aromatic N) is 2. The Hall–Kier alpha value is -1.80. The fourth-order valence-electron chi connectivity index (χ4n) is 2.19. The van der Waals surface area contributed by atoms with Crippen LogP contribution in [0.5, 0.6) is 0 Å². The topological polar surface area (TPSA) is 17.8 Å². The van der Waals surface area contributed by atoms with Crippen LogP contribution in [0.2, 0.25) is 0 Å². The van der Waals surface area contributed by atoms with Gasteiger partial charge in [-0.2, -0.15) is 0 Å². The predicted octanol–water partition coefficient (Wildman–Crippen LogP) is 4.07. The summed E-state index contributed by atoms with van der Waals surface area (Å²) in [7, 11) is 0. The molecule has 0 spiro atoms. The Morgan fingerprint density at radius 2 is 1.89 bits per heavy atom. The summed E-state index contributed by atoms with van der Waals surface area (Å²) in [5, 5.41) is 0. The van der Waals surface area contributed by atoms with E-state index in [9.17, 15) is 0 Å². The number of para-hydroxylation sites is 1. The zero-order valence-corrected chi connectivity index (χ0v) is 10.9. The molecular weight excluding hydrogens is 244 g/mol. The van der Waals surface area contributed by atoms with Gasteiger partial charge < -0.3 is 0 Å². The van der Waals surface area contributed by atoms with Crippen molar-refractivity contribution < 1.29 is 0 Å². The van der Waals surface area contributed by atoms with E-state index in [0.29, 0.717) is 5.88 Å². The van der Waals surface area contributed by atoms with Gasteiger partial charge >= 0.3 is 0 Å². The number of benzene rings is 2. The van der Waals surface area contributed by atoms with E-state index in [0.717, 1.165) is 22.5 Å². The molecule has 1 heterocycles. The van der Waals surface area contributed by atoms with Crippen LogP contribution in [0.3, 0.4) is 0 Å². The summed E-state index contributed by atoms with van der Waals surface area (Å²) in [6, 6.07) is 16.4. The largest absolute Gasteiger partial charge is 0.295 e. The second-order valence-electron chi connectivity index (χ2n) is 4.32. The first kappa shape index (κ1) is 11.3. The van der Waals surface area contributed by atoms with E-state index in [1.54, 1.807) is 0 Å². The number of aryl methyl sites for hydroxylation is 1. The molecule has 0 atom stereocenters. The minimum Gasteiger partial charge on any atom is -0.295 e. The maximum absolute atomic E-state index is 6.01. The van der Waals surface area contributed by atoms with Gasteiger partial charge in [-0.3, -0.25) is 4.57 Å². The standard InChI is InChI=1S/C15H13ClN2/c1-11-7-8-13-14(9-11)18(15(10-16)17-13)12-5-3-2-4-6-12/h2-9H,10H2,1H3. The van der Waals surface area contributed by atoms with E-state index in [1.807, 2.05) is 24.3 Å². The van der Waals surface area contributed by atoms with Gasteiger partial charge in [0.2, 0.25) is 0 Å². The van der Waals surface area contributed by atoms with Crippen LogP contribution in [0.15, 0.2) is 48.5 Å². The molecule has 0 aliphatic rings. The van der Waals surface area contributed by atoms with Crippen molar-refractivity contribution in [2.75, 3.05) is 0 Å². The number of aromatic nitrogens is 2. The van der Waals surface area contributed by atoms with Gasteiger partial charge in [-0.25, -0.2) is 4.98 Å². The molecule has 0 aliphatic carbocycles. The van der Waals surface area contributed by atoms with E-state index in [1.165, 1.54) is 5.56 Å². The van der Waals surface area contributed by atoms with Crippen LogP contribution in [-0.2, 0) is 5.88 Å². The highest BCUT2D eigenvalue weighted by Crippen LogP contribution is 2.23.